The summed E-state index contributed by atoms with van der Waals surface area (Å²) in [6, 6.07) is 0. The standard InChI is InChI=1S/C9H17N3O3S/c1-7(4-3-5-10)9-11-8(12-15-9)6-16(2,13)14/h7H,3-6,10H2,1-2H3. The molecular weight excluding hydrogens is 230 g/mol. The van der Waals surface area contributed by atoms with E-state index in [4.69, 9.17) is 10.3 Å². The minimum atomic E-state index is -3.11. The summed E-state index contributed by atoms with van der Waals surface area (Å²) in [7, 11) is -3.11. The van der Waals surface area contributed by atoms with Gasteiger partial charge in [-0.2, -0.15) is 4.98 Å². The van der Waals surface area contributed by atoms with Gasteiger partial charge in [0, 0.05) is 12.2 Å². The van der Waals surface area contributed by atoms with E-state index in [1.54, 1.807) is 0 Å². The molecule has 0 aliphatic carbocycles. The molecular formula is C9H17N3O3S. The number of sulfone groups is 1. The lowest BCUT2D eigenvalue weighted by Crippen LogP contribution is -2.04. The molecule has 1 heterocycles. The number of nitrogens with zero attached hydrogens (tertiary/aromatic N) is 2. The minimum absolute atomic E-state index is 0.115. The van der Waals surface area contributed by atoms with Crippen LogP contribution in [0.15, 0.2) is 4.52 Å². The van der Waals surface area contributed by atoms with E-state index in [1.165, 1.54) is 0 Å². The van der Waals surface area contributed by atoms with E-state index in [2.05, 4.69) is 10.1 Å². The number of hydrogen-bond acceptors (Lipinski definition) is 6. The average molecular weight is 247 g/mol. The molecule has 0 saturated carbocycles. The van der Waals surface area contributed by atoms with Crippen molar-refractivity contribution in [2.45, 2.75) is 31.4 Å². The summed E-state index contributed by atoms with van der Waals surface area (Å²) in [5.41, 5.74) is 5.40. The van der Waals surface area contributed by atoms with Gasteiger partial charge in [-0.05, 0) is 19.4 Å². The predicted octanol–water partition coefficient (Wildman–Crippen LogP) is 0.457. The zero-order chi connectivity index (χ0) is 12.2. The van der Waals surface area contributed by atoms with Crippen molar-refractivity contribution in [2.24, 2.45) is 5.73 Å². The van der Waals surface area contributed by atoms with Gasteiger partial charge in [0.2, 0.25) is 5.89 Å². The molecule has 92 valence electrons. The van der Waals surface area contributed by atoms with Gasteiger partial charge in [-0.1, -0.05) is 12.1 Å². The molecule has 16 heavy (non-hydrogen) atoms. The minimum Gasteiger partial charge on any atom is -0.339 e. The molecule has 0 aromatic carbocycles. The third-order valence-corrected chi connectivity index (χ3v) is 2.92. The summed E-state index contributed by atoms with van der Waals surface area (Å²) >= 11 is 0. The van der Waals surface area contributed by atoms with Crippen molar-refractivity contribution in [3.63, 3.8) is 0 Å². The summed E-state index contributed by atoms with van der Waals surface area (Å²) in [6.45, 7) is 2.57. The molecule has 1 unspecified atom stereocenters. The van der Waals surface area contributed by atoms with Gasteiger partial charge in [0.25, 0.3) is 0 Å². The smallest absolute Gasteiger partial charge is 0.229 e. The lowest BCUT2D eigenvalue weighted by molar-refractivity contribution is 0.349. The Labute approximate surface area is 95.1 Å². The van der Waals surface area contributed by atoms with Crippen LogP contribution in [0.2, 0.25) is 0 Å². The first-order valence-electron chi connectivity index (χ1n) is 5.12. The third kappa shape index (κ3) is 4.28. The largest absolute Gasteiger partial charge is 0.339 e. The Morgan fingerprint density at radius 1 is 1.50 bits per heavy atom. The number of hydrogen-bond donors (Lipinski definition) is 1. The van der Waals surface area contributed by atoms with Crippen LogP contribution in [0, 0.1) is 0 Å². The highest BCUT2D eigenvalue weighted by Gasteiger charge is 2.16. The molecule has 2 N–H and O–H groups in total. The average Bonchev–Trinajstić information content (AvgIpc) is 2.59. The Morgan fingerprint density at radius 3 is 2.75 bits per heavy atom. The van der Waals surface area contributed by atoms with Crippen LogP contribution >= 0.6 is 0 Å². The van der Waals surface area contributed by atoms with Gasteiger partial charge in [0.05, 0.1) is 0 Å². The number of aromatic nitrogens is 2. The molecule has 1 aromatic rings. The van der Waals surface area contributed by atoms with Crippen LogP contribution in [-0.4, -0.2) is 31.4 Å². The maximum absolute atomic E-state index is 11.0. The van der Waals surface area contributed by atoms with Gasteiger partial charge in [-0.15, -0.1) is 0 Å². The number of nitrogens with two attached hydrogens (primary N) is 1. The molecule has 0 fully saturated rings. The van der Waals surface area contributed by atoms with Gasteiger partial charge in [-0.25, -0.2) is 8.42 Å². The van der Waals surface area contributed by atoms with Crippen molar-refractivity contribution in [3.05, 3.63) is 11.7 Å². The maximum Gasteiger partial charge on any atom is 0.229 e. The highest BCUT2D eigenvalue weighted by Crippen LogP contribution is 2.18. The van der Waals surface area contributed by atoms with Crippen LogP contribution in [0.1, 0.15) is 37.4 Å². The zero-order valence-corrected chi connectivity index (χ0v) is 10.3. The fourth-order valence-corrected chi connectivity index (χ4v) is 1.89. The fraction of sp³-hybridized carbons (Fsp3) is 0.778. The van der Waals surface area contributed by atoms with Crippen LogP contribution < -0.4 is 5.73 Å². The van der Waals surface area contributed by atoms with Crippen LogP contribution in [-0.2, 0) is 15.6 Å². The molecule has 1 rings (SSSR count). The van der Waals surface area contributed by atoms with E-state index in [0.29, 0.717) is 12.4 Å². The zero-order valence-electron chi connectivity index (χ0n) is 9.51. The lowest BCUT2D eigenvalue weighted by atomic mass is 10.1. The van der Waals surface area contributed by atoms with Gasteiger partial charge in [0.1, 0.15) is 5.75 Å². The highest BCUT2D eigenvalue weighted by molar-refractivity contribution is 7.89. The molecule has 1 atom stereocenters. The summed E-state index contributed by atoms with van der Waals surface area (Å²) in [6.07, 6.45) is 2.88. The first kappa shape index (κ1) is 13.1. The second kappa shape index (κ2) is 5.40. The second-order valence-electron chi connectivity index (χ2n) is 3.95. The van der Waals surface area contributed by atoms with Crippen LogP contribution in [0.25, 0.3) is 0 Å². The van der Waals surface area contributed by atoms with Gasteiger partial charge in [0.15, 0.2) is 15.7 Å². The van der Waals surface area contributed by atoms with Crippen molar-refractivity contribution in [1.82, 2.24) is 10.1 Å². The summed E-state index contributed by atoms with van der Waals surface area (Å²) in [5, 5.41) is 3.63. The summed E-state index contributed by atoms with van der Waals surface area (Å²) in [4.78, 5) is 4.05. The van der Waals surface area contributed by atoms with Crippen molar-refractivity contribution in [2.75, 3.05) is 12.8 Å². The topological polar surface area (TPSA) is 99.1 Å². The molecule has 0 aliphatic rings. The van der Waals surface area contributed by atoms with Gasteiger partial charge < -0.3 is 10.3 Å². The van der Waals surface area contributed by atoms with E-state index in [0.717, 1.165) is 19.1 Å². The van der Waals surface area contributed by atoms with Gasteiger partial charge in [-0.3, -0.25) is 0 Å². The van der Waals surface area contributed by atoms with Crippen molar-refractivity contribution >= 4 is 9.84 Å². The van der Waals surface area contributed by atoms with Crippen molar-refractivity contribution in [1.29, 1.82) is 0 Å². The lowest BCUT2D eigenvalue weighted by Gasteiger charge is -2.03. The van der Waals surface area contributed by atoms with Crippen molar-refractivity contribution in [3.8, 4) is 0 Å². The Bertz CT molecular complexity index is 427. The van der Waals surface area contributed by atoms with E-state index >= 15 is 0 Å². The molecule has 0 bridgehead atoms. The summed E-state index contributed by atoms with van der Waals surface area (Å²) < 4.78 is 27.0. The quantitative estimate of drug-likeness (QED) is 0.783. The fourth-order valence-electron chi connectivity index (χ4n) is 1.31. The van der Waals surface area contributed by atoms with Gasteiger partial charge >= 0.3 is 0 Å². The highest BCUT2D eigenvalue weighted by atomic mass is 32.2. The van der Waals surface area contributed by atoms with Crippen molar-refractivity contribution < 1.29 is 12.9 Å². The van der Waals surface area contributed by atoms with E-state index < -0.39 is 9.84 Å². The molecule has 6 nitrogen and oxygen atoms in total. The number of rotatable bonds is 6. The molecule has 0 spiro atoms. The Kier molecular flexibility index (Phi) is 4.43. The van der Waals surface area contributed by atoms with E-state index in [9.17, 15) is 8.42 Å². The van der Waals surface area contributed by atoms with Crippen LogP contribution in [0.3, 0.4) is 0 Å². The Morgan fingerprint density at radius 2 is 2.19 bits per heavy atom. The van der Waals surface area contributed by atoms with E-state index in [-0.39, 0.29) is 17.5 Å². The molecule has 1 aromatic heterocycles. The SMILES string of the molecule is CC(CCCN)c1nc(CS(C)(=O)=O)no1. The third-order valence-electron chi connectivity index (χ3n) is 2.14. The molecule has 7 heteroatoms. The predicted molar refractivity (Wildman–Crippen MR) is 59.5 cm³/mol. The normalized spacial score (nSPS) is 13.9. The first-order chi connectivity index (χ1) is 7.42. The monoisotopic (exact) mass is 247 g/mol. The Hall–Kier alpha value is -0.950. The first-order valence-corrected chi connectivity index (χ1v) is 7.18. The molecule has 0 radical (unpaired) electrons. The summed E-state index contributed by atoms with van der Waals surface area (Å²) in [5.74, 6) is 0.633. The van der Waals surface area contributed by atoms with E-state index in [1.807, 2.05) is 6.92 Å². The molecule has 0 aliphatic heterocycles. The maximum atomic E-state index is 11.0. The Balaban J connectivity index is 2.64. The second-order valence-corrected chi connectivity index (χ2v) is 6.09. The molecule has 0 saturated heterocycles. The van der Waals surface area contributed by atoms with Crippen LogP contribution in [0.4, 0.5) is 0 Å². The molecule has 0 amide bonds. The van der Waals surface area contributed by atoms with Crippen LogP contribution in [0.5, 0.6) is 0 Å².